The van der Waals surface area contributed by atoms with E-state index in [0.717, 1.165) is 0 Å². The van der Waals surface area contributed by atoms with Crippen LogP contribution in [0.15, 0.2) is 66.2 Å². The van der Waals surface area contributed by atoms with E-state index >= 15 is 0 Å². The second kappa shape index (κ2) is 12.0. The van der Waals surface area contributed by atoms with Gasteiger partial charge in [0.1, 0.15) is 23.5 Å². The summed E-state index contributed by atoms with van der Waals surface area (Å²) < 4.78 is 57.1. The number of aryl methyl sites for hydroxylation is 1. The van der Waals surface area contributed by atoms with Gasteiger partial charge >= 0.3 is 5.97 Å². The molecule has 0 aliphatic heterocycles. The molecule has 1 amide bonds. The molecule has 3 aromatic heterocycles. The number of sulfonamides is 1. The number of aliphatic carboxylic acids is 1. The number of hydrogen-bond acceptors (Lipinski definition) is 9. The predicted molar refractivity (Wildman–Crippen MR) is 143 cm³/mol. The number of nitrogens with one attached hydrogen (secondary N) is 2. The zero-order valence-electron chi connectivity index (χ0n) is 21.4. The third-order valence-corrected chi connectivity index (χ3v) is 7.06. The molecule has 12 nitrogen and oxygen atoms in total. The molecule has 0 bridgehead atoms. The number of carbonyl (C=O) groups is 2. The topological polar surface area (TPSA) is 190 Å². The minimum absolute atomic E-state index is 0.258. The fourth-order valence-corrected chi connectivity index (χ4v) is 4.58. The van der Waals surface area contributed by atoms with Crippen LogP contribution in [0.3, 0.4) is 0 Å². The largest absolute Gasteiger partial charge is 0.480 e. The number of carboxylic acid groups (broad SMARTS) is 1. The Morgan fingerprint density at radius 2 is 1.66 bits per heavy atom. The van der Waals surface area contributed by atoms with Crippen LogP contribution in [0.4, 0.5) is 20.2 Å². The first-order valence-corrected chi connectivity index (χ1v) is 13.5. The molecule has 4 rings (SSSR count). The predicted octanol–water partition coefficient (Wildman–Crippen LogP) is 2.58. The quantitative estimate of drug-likeness (QED) is 0.216. The van der Waals surface area contributed by atoms with Crippen molar-refractivity contribution in [1.29, 1.82) is 0 Å². The summed E-state index contributed by atoms with van der Waals surface area (Å²) >= 11 is 0. The van der Waals surface area contributed by atoms with Crippen LogP contribution in [-0.2, 0) is 27.7 Å². The normalized spacial score (nSPS) is 12.0. The van der Waals surface area contributed by atoms with Crippen LogP contribution >= 0.6 is 0 Å². The van der Waals surface area contributed by atoms with Gasteiger partial charge in [-0.2, -0.15) is 8.42 Å². The zero-order chi connectivity index (χ0) is 29.7. The van der Waals surface area contributed by atoms with E-state index in [1.807, 2.05) is 11.6 Å². The number of carbonyl (C=O) groups excluding carboxylic acids is 1. The molecule has 212 valence electrons. The van der Waals surface area contributed by atoms with E-state index in [0.29, 0.717) is 41.2 Å². The molecule has 15 heteroatoms. The van der Waals surface area contributed by atoms with Gasteiger partial charge in [-0.3, -0.25) is 14.5 Å². The molecule has 1 atom stereocenters. The Morgan fingerprint density at radius 1 is 0.951 bits per heavy atom. The van der Waals surface area contributed by atoms with Crippen LogP contribution < -0.4 is 15.8 Å². The van der Waals surface area contributed by atoms with Gasteiger partial charge in [0.25, 0.3) is 15.9 Å². The molecular weight excluding hydrogens is 560 g/mol. The summed E-state index contributed by atoms with van der Waals surface area (Å²) in [6.07, 6.45) is 6.09. The highest BCUT2D eigenvalue weighted by atomic mass is 32.2. The fourth-order valence-electron chi connectivity index (χ4n) is 3.59. The summed E-state index contributed by atoms with van der Waals surface area (Å²) in [4.78, 5) is 40.4. The SMILES string of the molecule is CCc1ncc(-c2ccc(S(=O)(=O)Nc3cc(F)c(C(=O)N[C@@H](Cc4ccc(N)cn4)C(=O)O)cc3F)nc2)cn1. The number of aromatic nitrogens is 4. The van der Waals surface area contributed by atoms with Crippen molar-refractivity contribution in [3.05, 3.63) is 89.9 Å². The number of amides is 1. The third-order valence-electron chi connectivity index (χ3n) is 5.78. The fraction of sp³-hybridized carbons (Fsp3) is 0.154. The number of nitrogen functional groups attached to an aromatic ring is 1. The van der Waals surface area contributed by atoms with Crippen molar-refractivity contribution in [2.75, 3.05) is 10.5 Å². The van der Waals surface area contributed by atoms with Crippen LogP contribution in [0.2, 0.25) is 0 Å². The molecule has 1 aromatic carbocycles. The highest BCUT2D eigenvalue weighted by molar-refractivity contribution is 7.92. The van der Waals surface area contributed by atoms with Gasteiger partial charge in [-0.1, -0.05) is 6.92 Å². The molecule has 41 heavy (non-hydrogen) atoms. The Balaban J connectivity index is 1.49. The number of halogens is 2. The van der Waals surface area contributed by atoms with Gasteiger partial charge in [0.2, 0.25) is 0 Å². The maximum absolute atomic E-state index is 14.8. The van der Waals surface area contributed by atoms with Crippen molar-refractivity contribution in [3.8, 4) is 11.1 Å². The highest BCUT2D eigenvalue weighted by Crippen LogP contribution is 2.24. The lowest BCUT2D eigenvalue weighted by molar-refractivity contribution is -0.139. The van der Waals surface area contributed by atoms with Crippen LogP contribution in [0, 0.1) is 11.6 Å². The van der Waals surface area contributed by atoms with E-state index in [4.69, 9.17) is 5.73 Å². The highest BCUT2D eigenvalue weighted by Gasteiger charge is 2.26. The summed E-state index contributed by atoms with van der Waals surface area (Å²) in [5.41, 5.74) is 5.70. The molecular formula is C26H23F2N7O5S. The Morgan fingerprint density at radius 3 is 2.24 bits per heavy atom. The maximum atomic E-state index is 14.8. The van der Waals surface area contributed by atoms with Gasteiger partial charge < -0.3 is 16.2 Å². The summed E-state index contributed by atoms with van der Waals surface area (Å²) in [7, 11) is -4.46. The number of benzene rings is 1. The number of nitrogens with zero attached hydrogens (tertiary/aromatic N) is 4. The van der Waals surface area contributed by atoms with E-state index in [1.165, 1.54) is 36.7 Å². The number of hydrogen-bond donors (Lipinski definition) is 4. The first-order chi connectivity index (χ1) is 19.5. The molecule has 3 heterocycles. The average Bonchev–Trinajstić information content (AvgIpc) is 2.95. The molecule has 4 aromatic rings. The van der Waals surface area contributed by atoms with Crippen molar-refractivity contribution in [2.45, 2.75) is 30.8 Å². The summed E-state index contributed by atoms with van der Waals surface area (Å²) in [6.45, 7) is 1.90. The van der Waals surface area contributed by atoms with Crippen LogP contribution in [0.25, 0.3) is 11.1 Å². The Bertz CT molecular complexity index is 1690. The van der Waals surface area contributed by atoms with E-state index in [2.05, 4.69) is 25.3 Å². The molecule has 0 aliphatic carbocycles. The van der Waals surface area contributed by atoms with Crippen molar-refractivity contribution in [3.63, 3.8) is 0 Å². The lowest BCUT2D eigenvalue weighted by Gasteiger charge is -2.15. The van der Waals surface area contributed by atoms with Gasteiger partial charge in [-0.25, -0.2) is 28.5 Å². The minimum Gasteiger partial charge on any atom is -0.480 e. The van der Waals surface area contributed by atoms with Crippen LogP contribution in [0.5, 0.6) is 0 Å². The lowest BCUT2D eigenvalue weighted by atomic mass is 10.1. The van der Waals surface area contributed by atoms with Gasteiger partial charge in [0.15, 0.2) is 5.03 Å². The lowest BCUT2D eigenvalue weighted by Crippen LogP contribution is -2.42. The van der Waals surface area contributed by atoms with Crippen molar-refractivity contribution < 1.29 is 31.9 Å². The Kier molecular flexibility index (Phi) is 8.47. The number of carboxylic acids is 1. The van der Waals surface area contributed by atoms with E-state index in [1.54, 1.807) is 12.4 Å². The molecule has 5 N–H and O–H groups in total. The number of rotatable bonds is 10. The summed E-state index contributed by atoms with van der Waals surface area (Å²) in [5.74, 6) is -4.61. The standard InChI is InChI=1S/C26H23F2N7O5S/c1-2-23-31-11-15(12-32-23)14-3-6-24(33-10-14)41(39,40)35-21-9-19(27)18(8-20(21)28)25(36)34-22(26(37)38)7-17-5-4-16(29)13-30-17/h3-6,8-13,22,35H,2,7,29H2,1H3,(H,34,36)(H,37,38)/t22-/m0/s1. The Hall–Kier alpha value is -5.05. The molecule has 0 aliphatic rings. The second-order valence-corrected chi connectivity index (χ2v) is 10.3. The molecule has 0 spiro atoms. The van der Waals surface area contributed by atoms with Gasteiger partial charge in [-0.05, 0) is 30.3 Å². The van der Waals surface area contributed by atoms with Gasteiger partial charge in [0.05, 0.1) is 23.1 Å². The van der Waals surface area contributed by atoms with E-state index in [-0.39, 0.29) is 12.1 Å². The van der Waals surface area contributed by atoms with E-state index in [9.17, 15) is 31.9 Å². The molecule has 0 saturated carbocycles. The summed E-state index contributed by atoms with van der Waals surface area (Å²) in [6, 6.07) is 4.98. The molecule has 0 saturated heterocycles. The van der Waals surface area contributed by atoms with Crippen molar-refractivity contribution in [2.24, 2.45) is 0 Å². The first kappa shape index (κ1) is 28.9. The maximum Gasteiger partial charge on any atom is 0.326 e. The Labute approximate surface area is 232 Å². The average molecular weight is 584 g/mol. The van der Waals surface area contributed by atoms with Crippen molar-refractivity contribution in [1.82, 2.24) is 25.3 Å². The molecule has 0 unspecified atom stereocenters. The van der Waals surface area contributed by atoms with E-state index < -0.39 is 55.9 Å². The second-order valence-electron chi connectivity index (χ2n) is 8.70. The number of anilines is 2. The monoisotopic (exact) mass is 583 g/mol. The van der Waals surface area contributed by atoms with Crippen LogP contribution in [-0.4, -0.2) is 51.4 Å². The first-order valence-electron chi connectivity index (χ1n) is 12.0. The van der Waals surface area contributed by atoms with Gasteiger partial charge in [-0.15, -0.1) is 0 Å². The number of pyridine rings is 2. The molecule has 0 fully saturated rings. The molecule has 0 radical (unpaired) electrons. The van der Waals surface area contributed by atoms with Gasteiger partial charge in [0, 0.05) is 54.3 Å². The minimum atomic E-state index is -4.46. The summed E-state index contributed by atoms with van der Waals surface area (Å²) in [5, 5.41) is 11.1. The third kappa shape index (κ3) is 6.94. The van der Waals surface area contributed by atoms with Crippen LogP contribution in [0.1, 0.15) is 28.8 Å². The smallest absolute Gasteiger partial charge is 0.326 e. The zero-order valence-corrected chi connectivity index (χ0v) is 22.2. The van der Waals surface area contributed by atoms with Crippen molar-refractivity contribution >= 4 is 33.3 Å². The number of nitrogens with two attached hydrogens (primary N) is 1.